The number of aryl methyl sites for hydroxylation is 1. The first-order valence-corrected chi connectivity index (χ1v) is 21.8. The SMILES string of the molecule is COc1ccc(Oc2cc3c4c(cc(Oc5ccc(C)cc5)c5c6ccc(B7OC(C)(C)C(C)(C)O7)c7cccc(c2c45)c76)C(=O)N(c2c(C(C)C)cccc2C(C)C)C3=O)cc1. The van der Waals surface area contributed by atoms with Crippen LogP contribution in [0.3, 0.4) is 0 Å². The maximum atomic E-state index is 15.5. The van der Waals surface area contributed by atoms with Gasteiger partial charge in [0, 0.05) is 21.5 Å². The molecule has 1 fully saturated rings. The summed E-state index contributed by atoms with van der Waals surface area (Å²) in [6, 6.07) is 35.4. The molecular formula is C54H50BNO7. The van der Waals surface area contributed by atoms with Gasteiger partial charge in [-0.15, -0.1) is 0 Å². The molecule has 0 spiro atoms. The van der Waals surface area contributed by atoms with Gasteiger partial charge in [0.15, 0.2) is 0 Å². The fraction of sp³-hybridized carbons (Fsp3) is 0.259. The second kappa shape index (κ2) is 14.6. The van der Waals surface area contributed by atoms with Crippen molar-refractivity contribution >= 4 is 73.2 Å². The maximum Gasteiger partial charge on any atom is 0.495 e. The van der Waals surface area contributed by atoms with Gasteiger partial charge in [0.2, 0.25) is 0 Å². The summed E-state index contributed by atoms with van der Waals surface area (Å²) in [6.45, 7) is 18.6. The van der Waals surface area contributed by atoms with Crippen LogP contribution >= 0.6 is 0 Å². The number of imide groups is 1. The Kier molecular flexibility index (Phi) is 9.41. The molecule has 8 aromatic carbocycles. The first kappa shape index (κ1) is 40.6. The molecule has 0 aliphatic carbocycles. The molecule has 0 bridgehead atoms. The highest BCUT2D eigenvalue weighted by atomic mass is 16.7. The molecule has 0 aromatic heterocycles. The van der Waals surface area contributed by atoms with Crippen molar-refractivity contribution in [3.8, 4) is 28.7 Å². The molecule has 0 atom stereocenters. The van der Waals surface area contributed by atoms with Crippen molar-refractivity contribution < 1.29 is 33.1 Å². The number of nitrogens with zero attached hydrogens (tertiary/aromatic N) is 1. The van der Waals surface area contributed by atoms with Crippen LogP contribution in [0, 0.1) is 6.92 Å². The van der Waals surface area contributed by atoms with Gasteiger partial charge >= 0.3 is 7.12 Å². The molecule has 1 saturated heterocycles. The number of rotatable bonds is 9. The molecule has 316 valence electrons. The maximum absolute atomic E-state index is 15.5. The molecule has 0 radical (unpaired) electrons. The van der Waals surface area contributed by atoms with Crippen LogP contribution in [0.5, 0.6) is 28.7 Å². The Bertz CT molecular complexity index is 3130. The normalized spacial score (nSPS) is 15.9. The van der Waals surface area contributed by atoms with E-state index >= 15 is 9.59 Å². The number of hydrogen-bond donors (Lipinski definition) is 0. The summed E-state index contributed by atoms with van der Waals surface area (Å²) in [5.74, 6) is 2.05. The second-order valence-corrected chi connectivity index (χ2v) is 18.6. The van der Waals surface area contributed by atoms with Crippen molar-refractivity contribution in [3.63, 3.8) is 0 Å². The van der Waals surface area contributed by atoms with E-state index in [0.717, 1.165) is 54.5 Å². The number of fused-ring (bicyclic) bond motifs is 2. The number of hydrogen-bond acceptors (Lipinski definition) is 7. The van der Waals surface area contributed by atoms with Crippen LogP contribution in [0.15, 0.2) is 109 Å². The van der Waals surface area contributed by atoms with Crippen molar-refractivity contribution in [1.29, 1.82) is 0 Å². The number of carbonyl (C=O) groups is 2. The van der Waals surface area contributed by atoms with E-state index in [1.807, 2.05) is 91.9 Å². The average Bonchev–Trinajstić information content (AvgIpc) is 3.48. The Morgan fingerprint density at radius 3 is 1.56 bits per heavy atom. The summed E-state index contributed by atoms with van der Waals surface area (Å²) in [5.41, 5.74) is 4.09. The van der Waals surface area contributed by atoms with Crippen LogP contribution in [0.4, 0.5) is 5.69 Å². The number of benzene rings is 8. The molecule has 2 amide bonds. The minimum Gasteiger partial charge on any atom is -0.497 e. The van der Waals surface area contributed by atoms with Gasteiger partial charge in [-0.25, -0.2) is 4.90 Å². The van der Waals surface area contributed by atoms with Crippen LogP contribution < -0.4 is 24.6 Å². The zero-order valence-electron chi connectivity index (χ0n) is 37.4. The molecule has 0 N–H and O–H groups in total. The third kappa shape index (κ3) is 6.27. The third-order valence-electron chi connectivity index (χ3n) is 13.4. The van der Waals surface area contributed by atoms with Crippen LogP contribution in [0.1, 0.15) is 105 Å². The van der Waals surface area contributed by atoms with Crippen LogP contribution in [0.25, 0.3) is 43.1 Å². The van der Waals surface area contributed by atoms with Crippen molar-refractivity contribution in [2.24, 2.45) is 0 Å². The van der Waals surface area contributed by atoms with Crippen molar-refractivity contribution in [2.45, 2.75) is 85.4 Å². The van der Waals surface area contributed by atoms with Crippen molar-refractivity contribution in [2.75, 3.05) is 12.0 Å². The van der Waals surface area contributed by atoms with E-state index in [-0.39, 0.29) is 11.8 Å². The highest BCUT2D eigenvalue weighted by Gasteiger charge is 2.52. The number of anilines is 1. The number of carbonyl (C=O) groups excluding carboxylic acids is 2. The highest BCUT2D eigenvalue weighted by Crippen LogP contribution is 2.53. The first-order chi connectivity index (χ1) is 30.1. The van der Waals surface area contributed by atoms with E-state index in [2.05, 4.69) is 79.7 Å². The lowest BCUT2D eigenvalue weighted by Crippen LogP contribution is -2.42. The van der Waals surface area contributed by atoms with E-state index < -0.39 is 30.1 Å². The van der Waals surface area contributed by atoms with Gasteiger partial charge in [-0.05, 0) is 133 Å². The summed E-state index contributed by atoms with van der Waals surface area (Å²) in [5, 5.41) is 6.46. The molecule has 8 aromatic rings. The fourth-order valence-electron chi connectivity index (χ4n) is 9.45. The topological polar surface area (TPSA) is 83.5 Å². The summed E-state index contributed by atoms with van der Waals surface area (Å²) in [7, 11) is 1.00. The third-order valence-corrected chi connectivity index (χ3v) is 13.4. The summed E-state index contributed by atoms with van der Waals surface area (Å²) < 4.78 is 32.7. The Hall–Kier alpha value is -6.42. The Morgan fingerprint density at radius 1 is 0.556 bits per heavy atom. The van der Waals surface area contributed by atoms with Gasteiger partial charge in [0.1, 0.15) is 28.7 Å². The molecule has 8 nitrogen and oxygen atoms in total. The van der Waals surface area contributed by atoms with Gasteiger partial charge < -0.3 is 23.5 Å². The van der Waals surface area contributed by atoms with Crippen LogP contribution in [-0.2, 0) is 9.31 Å². The number of methoxy groups -OCH3 is 1. The predicted molar refractivity (Wildman–Crippen MR) is 253 cm³/mol. The van der Waals surface area contributed by atoms with Gasteiger partial charge in [-0.2, -0.15) is 0 Å². The van der Waals surface area contributed by atoms with Crippen LogP contribution in [-0.4, -0.2) is 37.2 Å². The smallest absolute Gasteiger partial charge is 0.495 e. The van der Waals surface area contributed by atoms with Crippen molar-refractivity contribution in [3.05, 3.63) is 137 Å². The Labute approximate surface area is 368 Å². The van der Waals surface area contributed by atoms with Crippen LogP contribution in [0.2, 0.25) is 0 Å². The van der Waals surface area contributed by atoms with E-state index in [9.17, 15) is 0 Å². The average molecular weight is 836 g/mol. The Morgan fingerprint density at radius 2 is 1.03 bits per heavy atom. The zero-order valence-corrected chi connectivity index (χ0v) is 37.4. The minimum atomic E-state index is -0.625. The van der Waals surface area contributed by atoms with E-state index in [1.54, 1.807) is 7.11 Å². The highest BCUT2D eigenvalue weighted by molar-refractivity contribution is 6.66. The summed E-state index contributed by atoms with van der Waals surface area (Å²) in [6.07, 6.45) is 0. The monoisotopic (exact) mass is 835 g/mol. The fourth-order valence-corrected chi connectivity index (χ4v) is 9.45. The molecule has 0 saturated carbocycles. The standard InChI is InChI=1S/C54H50BNO7/c1-29(2)35-13-11-14-36(30(3)4)50(35)56-51(57)40-27-43(61-34-23-21-32(59-10)22-24-34)47-38-16-12-15-37-42(55-62-53(6,7)54(8,9)63-55)26-25-39(45(37)38)48-44(60-33-19-17-31(5)18-20-33)28-41(52(56)58)46(40)49(47)48/h11-30H,1-10H3. The van der Waals surface area contributed by atoms with Gasteiger partial charge in [-0.3, -0.25) is 9.59 Å². The van der Waals surface area contributed by atoms with E-state index in [1.165, 1.54) is 4.90 Å². The quantitative estimate of drug-likeness (QED) is 0.0620. The molecule has 63 heavy (non-hydrogen) atoms. The number of para-hydroxylation sites is 1. The van der Waals surface area contributed by atoms with E-state index in [4.69, 9.17) is 23.5 Å². The number of amides is 2. The lowest BCUT2D eigenvalue weighted by atomic mass is 9.74. The summed E-state index contributed by atoms with van der Waals surface area (Å²) in [4.78, 5) is 32.4. The predicted octanol–water partition coefficient (Wildman–Crippen LogP) is 13.0. The Balaban J connectivity index is 1.34. The summed E-state index contributed by atoms with van der Waals surface area (Å²) >= 11 is 0. The molecule has 9 heteroatoms. The van der Waals surface area contributed by atoms with E-state index in [0.29, 0.717) is 56.3 Å². The lowest BCUT2D eigenvalue weighted by Gasteiger charge is -2.33. The lowest BCUT2D eigenvalue weighted by molar-refractivity contribution is 0.00578. The van der Waals surface area contributed by atoms with Gasteiger partial charge in [0.25, 0.3) is 11.8 Å². The molecule has 2 heterocycles. The first-order valence-electron chi connectivity index (χ1n) is 21.8. The zero-order chi connectivity index (χ0) is 44.3. The minimum absolute atomic E-state index is 0.0320. The largest absolute Gasteiger partial charge is 0.497 e. The van der Waals surface area contributed by atoms with Crippen molar-refractivity contribution in [1.82, 2.24) is 0 Å². The molecule has 2 aliphatic rings. The molecular weight excluding hydrogens is 785 g/mol. The molecule has 0 unspecified atom stereocenters. The molecule has 2 aliphatic heterocycles. The van der Waals surface area contributed by atoms with Gasteiger partial charge in [-0.1, -0.05) is 93.9 Å². The molecule has 10 rings (SSSR count). The second-order valence-electron chi connectivity index (χ2n) is 18.6. The van der Waals surface area contributed by atoms with Gasteiger partial charge in [0.05, 0.1) is 35.1 Å². The number of ether oxygens (including phenoxy) is 3.